The van der Waals surface area contributed by atoms with Crippen molar-refractivity contribution >= 4 is 34.7 Å². The largest absolute Gasteiger partial charge is 0.496 e. The van der Waals surface area contributed by atoms with Gasteiger partial charge in [0.25, 0.3) is 16.8 Å². The van der Waals surface area contributed by atoms with Crippen molar-refractivity contribution in [3.63, 3.8) is 0 Å². The first-order valence-corrected chi connectivity index (χ1v) is 13.3. The van der Waals surface area contributed by atoms with Crippen molar-refractivity contribution in [2.24, 2.45) is 17.8 Å². The number of imide groups is 1. The van der Waals surface area contributed by atoms with Gasteiger partial charge in [0, 0.05) is 17.2 Å². The summed E-state index contributed by atoms with van der Waals surface area (Å²) in [5.74, 6) is 2.68. The summed E-state index contributed by atoms with van der Waals surface area (Å²) in [4.78, 5) is 38.2. The Balaban J connectivity index is 1.30. The van der Waals surface area contributed by atoms with Crippen LogP contribution in [0, 0.1) is 27.9 Å². The predicted molar refractivity (Wildman–Crippen MR) is 137 cm³/mol. The van der Waals surface area contributed by atoms with Gasteiger partial charge in [-0.05, 0) is 97.2 Å². The highest BCUT2D eigenvalue weighted by Gasteiger charge is 2.51. The standard InChI is InChI=1S/C28H28N2O5S/c1-35-24-7-6-22(28-13-17-8-18(14-28)10-19(9-17)15-28)11-21(24)12-25-26(31)29(27(32)36-25)16-20-4-2-3-5-23(20)30(33)34/h2-7,11-12,17-19H,8-10,13-16H2,1H3/b25-12+. The third kappa shape index (κ3) is 3.92. The quantitative estimate of drug-likeness (QED) is 0.260. The number of amides is 2. The maximum Gasteiger partial charge on any atom is 0.293 e. The number of nitro groups is 1. The second-order valence-corrected chi connectivity index (χ2v) is 11.8. The van der Waals surface area contributed by atoms with E-state index in [0.29, 0.717) is 16.2 Å². The van der Waals surface area contributed by atoms with Crippen LogP contribution in [-0.4, -0.2) is 28.1 Å². The molecule has 36 heavy (non-hydrogen) atoms. The monoisotopic (exact) mass is 504 g/mol. The summed E-state index contributed by atoms with van der Waals surface area (Å²) >= 11 is 0.868. The molecule has 4 saturated carbocycles. The fourth-order valence-electron chi connectivity index (χ4n) is 7.41. The van der Waals surface area contributed by atoms with Gasteiger partial charge in [-0.2, -0.15) is 0 Å². The van der Waals surface area contributed by atoms with E-state index in [1.54, 1.807) is 31.4 Å². The van der Waals surface area contributed by atoms with Gasteiger partial charge < -0.3 is 4.74 Å². The van der Waals surface area contributed by atoms with Crippen molar-refractivity contribution in [1.29, 1.82) is 0 Å². The Morgan fingerprint density at radius 2 is 1.75 bits per heavy atom. The number of nitrogens with zero attached hydrogens (tertiary/aromatic N) is 2. The molecule has 1 heterocycles. The van der Waals surface area contributed by atoms with E-state index < -0.39 is 16.1 Å². The smallest absolute Gasteiger partial charge is 0.293 e. The van der Waals surface area contributed by atoms with Gasteiger partial charge in [0.2, 0.25) is 0 Å². The Morgan fingerprint density at radius 3 is 2.39 bits per heavy atom. The molecule has 5 aliphatic rings. The van der Waals surface area contributed by atoms with Crippen molar-refractivity contribution in [2.75, 3.05) is 7.11 Å². The van der Waals surface area contributed by atoms with Gasteiger partial charge in [-0.1, -0.05) is 24.3 Å². The lowest BCUT2D eigenvalue weighted by Gasteiger charge is -2.57. The average Bonchev–Trinajstić information content (AvgIpc) is 3.10. The first kappa shape index (κ1) is 23.3. The zero-order chi connectivity index (χ0) is 25.0. The molecule has 1 saturated heterocycles. The number of benzene rings is 2. The minimum Gasteiger partial charge on any atom is -0.496 e. The second-order valence-electron chi connectivity index (χ2n) is 10.8. The van der Waals surface area contributed by atoms with Gasteiger partial charge in [0.05, 0.1) is 23.5 Å². The van der Waals surface area contributed by atoms with Gasteiger partial charge in [-0.25, -0.2) is 0 Å². The van der Waals surface area contributed by atoms with Gasteiger partial charge in [-0.15, -0.1) is 0 Å². The van der Waals surface area contributed by atoms with E-state index >= 15 is 0 Å². The Morgan fingerprint density at radius 1 is 1.08 bits per heavy atom. The van der Waals surface area contributed by atoms with Crippen molar-refractivity contribution in [3.8, 4) is 5.75 Å². The van der Waals surface area contributed by atoms with E-state index in [-0.39, 0.29) is 17.6 Å². The number of thioether (sulfide) groups is 1. The maximum atomic E-state index is 13.2. The van der Waals surface area contributed by atoms with Gasteiger partial charge in [-0.3, -0.25) is 24.6 Å². The molecule has 0 atom stereocenters. The number of nitro benzene ring substituents is 1. The molecular weight excluding hydrogens is 476 g/mol. The van der Waals surface area contributed by atoms with Crippen LogP contribution >= 0.6 is 11.8 Å². The zero-order valence-electron chi connectivity index (χ0n) is 20.1. The van der Waals surface area contributed by atoms with Crippen LogP contribution in [0.15, 0.2) is 47.4 Å². The summed E-state index contributed by atoms with van der Waals surface area (Å²) < 4.78 is 5.62. The molecule has 2 aromatic rings. The summed E-state index contributed by atoms with van der Waals surface area (Å²) in [5, 5.41) is 11.0. The van der Waals surface area contributed by atoms with Gasteiger partial charge >= 0.3 is 0 Å². The Labute approximate surface area is 214 Å². The molecule has 5 fully saturated rings. The number of methoxy groups -OCH3 is 1. The van der Waals surface area contributed by atoms with Crippen molar-refractivity contribution < 1.29 is 19.2 Å². The topological polar surface area (TPSA) is 89.8 Å². The number of carbonyl (C=O) groups is 2. The van der Waals surface area contributed by atoms with E-state index in [2.05, 4.69) is 12.1 Å². The van der Waals surface area contributed by atoms with Crippen LogP contribution in [0.1, 0.15) is 55.2 Å². The lowest BCUT2D eigenvalue weighted by atomic mass is 9.48. The molecule has 1 aliphatic heterocycles. The van der Waals surface area contributed by atoms with Crippen LogP contribution in [0.3, 0.4) is 0 Å². The van der Waals surface area contributed by atoms with E-state index in [1.165, 1.54) is 50.2 Å². The lowest BCUT2D eigenvalue weighted by Crippen LogP contribution is -2.48. The molecule has 4 aliphatic carbocycles. The molecule has 4 bridgehead atoms. The van der Waals surface area contributed by atoms with E-state index in [9.17, 15) is 19.7 Å². The highest BCUT2D eigenvalue weighted by Crippen LogP contribution is 2.61. The van der Waals surface area contributed by atoms with Gasteiger partial charge in [0.1, 0.15) is 5.75 Å². The molecule has 7 rings (SSSR count). The summed E-state index contributed by atoms with van der Waals surface area (Å²) in [7, 11) is 1.61. The van der Waals surface area contributed by atoms with Crippen molar-refractivity contribution in [2.45, 2.75) is 50.5 Å². The molecule has 0 N–H and O–H groups in total. The van der Waals surface area contributed by atoms with Gasteiger partial charge in [0.15, 0.2) is 0 Å². The van der Waals surface area contributed by atoms with Crippen LogP contribution in [-0.2, 0) is 16.8 Å². The first-order chi connectivity index (χ1) is 17.3. The Hall–Kier alpha value is -3.13. The first-order valence-electron chi connectivity index (χ1n) is 12.5. The van der Waals surface area contributed by atoms with E-state index in [0.717, 1.165) is 40.0 Å². The summed E-state index contributed by atoms with van der Waals surface area (Å²) in [6.07, 6.45) is 9.55. The highest BCUT2D eigenvalue weighted by atomic mass is 32.2. The third-order valence-corrected chi connectivity index (χ3v) is 9.46. The fraction of sp³-hybridized carbons (Fsp3) is 0.429. The minimum atomic E-state index is -0.495. The molecule has 0 unspecified atom stereocenters. The molecule has 186 valence electrons. The predicted octanol–water partition coefficient (Wildman–Crippen LogP) is 6.31. The second kappa shape index (κ2) is 8.76. The van der Waals surface area contributed by atoms with Crippen LogP contribution < -0.4 is 4.74 Å². The number of hydrogen-bond acceptors (Lipinski definition) is 6. The molecule has 2 aromatic carbocycles. The zero-order valence-corrected chi connectivity index (χ0v) is 21.0. The Kier molecular flexibility index (Phi) is 5.67. The van der Waals surface area contributed by atoms with Crippen LogP contribution in [0.4, 0.5) is 10.5 Å². The maximum absolute atomic E-state index is 13.2. The fourth-order valence-corrected chi connectivity index (χ4v) is 8.24. The van der Waals surface area contributed by atoms with E-state index in [4.69, 9.17) is 4.74 Å². The summed E-state index contributed by atoms with van der Waals surface area (Å²) in [6.45, 7) is -0.135. The molecule has 7 nitrogen and oxygen atoms in total. The molecule has 0 aromatic heterocycles. The highest BCUT2D eigenvalue weighted by molar-refractivity contribution is 8.18. The molecule has 2 amide bonds. The summed E-state index contributed by atoms with van der Waals surface area (Å²) in [6, 6.07) is 12.5. The van der Waals surface area contributed by atoms with Crippen LogP contribution in [0.25, 0.3) is 6.08 Å². The molecule has 8 heteroatoms. The van der Waals surface area contributed by atoms with Crippen LogP contribution in [0.2, 0.25) is 0 Å². The number of carbonyl (C=O) groups excluding carboxylic acids is 2. The number of rotatable bonds is 6. The normalized spacial score (nSPS) is 29.9. The number of para-hydroxylation sites is 1. The third-order valence-electron chi connectivity index (χ3n) is 8.56. The van der Waals surface area contributed by atoms with E-state index in [1.807, 2.05) is 6.07 Å². The lowest BCUT2D eigenvalue weighted by molar-refractivity contribution is -0.385. The molecule has 0 radical (unpaired) electrons. The molecular formula is C28H28N2O5S. The summed E-state index contributed by atoms with van der Waals surface area (Å²) in [5.41, 5.74) is 2.53. The number of hydrogen-bond donors (Lipinski definition) is 0. The SMILES string of the molecule is COc1ccc(C23CC4CC(CC(C4)C2)C3)cc1/C=C1/SC(=O)N(Cc2ccccc2[N+](=O)[O-])C1=O. The average molecular weight is 505 g/mol. The molecule has 0 spiro atoms. The number of ether oxygens (including phenoxy) is 1. The van der Waals surface area contributed by atoms with Crippen molar-refractivity contribution in [1.82, 2.24) is 4.90 Å². The minimum absolute atomic E-state index is 0.106. The van der Waals surface area contributed by atoms with Crippen molar-refractivity contribution in [3.05, 3.63) is 74.2 Å². The Bertz CT molecular complexity index is 1270. The van der Waals surface area contributed by atoms with Crippen LogP contribution in [0.5, 0.6) is 5.75 Å².